The fourth-order valence-electron chi connectivity index (χ4n) is 2.50. The lowest BCUT2D eigenvalue weighted by Gasteiger charge is -2.14. The minimum atomic E-state index is -0.909. The smallest absolute Gasteiger partial charge is 0.328 e. The van der Waals surface area contributed by atoms with Gasteiger partial charge >= 0.3 is 5.97 Å². The lowest BCUT2D eigenvalue weighted by Crippen LogP contribution is -2.40. The van der Waals surface area contributed by atoms with Crippen molar-refractivity contribution in [1.82, 2.24) is 5.32 Å². The number of hydrogen-bond acceptors (Lipinski definition) is 6. The molecule has 0 radical (unpaired) electrons. The van der Waals surface area contributed by atoms with E-state index in [2.05, 4.69) is 5.32 Å². The van der Waals surface area contributed by atoms with E-state index in [9.17, 15) is 14.4 Å². The monoisotopic (exact) mass is 385 g/mol. The number of ether oxygens (including phenoxy) is 3. The van der Waals surface area contributed by atoms with Gasteiger partial charge in [0.05, 0.1) is 19.8 Å². The lowest BCUT2D eigenvalue weighted by molar-refractivity contribution is -0.144. The van der Waals surface area contributed by atoms with E-state index >= 15 is 0 Å². The largest absolute Gasteiger partial charge is 0.497 e. The van der Waals surface area contributed by atoms with E-state index in [4.69, 9.17) is 14.2 Å². The van der Waals surface area contributed by atoms with Crippen molar-refractivity contribution in [3.63, 3.8) is 0 Å². The van der Waals surface area contributed by atoms with Crippen LogP contribution >= 0.6 is 0 Å². The van der Waals surface area contributed by atoms with Crippen molar-refractivity contribution in [2.75, 3.05) is 20.8 Å². The summed E-state index contributed by atoms with van der Waals surface area (Å²) in [6.07, 6.45) is 0. The molecule has 0 bridgehead atoms. The van der Waals surface area contributed by atoms with Gasteiger partial charge in [-0.2, -0.15) is 0 Å². The Morgan fingerprint density at radius 1 is 1.04 bits per heavy atom. The van der Waals surface area contributed by atoms with Gasteiger partial charge in [-0.3, -0.25) is 9.59 Å². The number of carbonyl (C=O) groups is 3. The van der Waals surface area contributed by atoms with Crippen LogP contribution in [-0.2, 0) is 9.53 Å². The van der Waals surface area contributed by atoms with Crippen LogP contribution in [-0.4, -0.2) is 44.5 Å². The van der Waals surface area contributed by atoms with Crippen LogP contribution in [0.5, 0.6) is 11.5 Å². The molecule has 0 aliphatic rings. The summed E-state index contributed by atoms with van der Waals surface area (Å²) in [5.41, 5.74) is 1.61. The van der Waals surface area contributed by atoms with Gasteiger partial charge in [-0.1, -0.05) is 17.7 Å². The molecule has 7 nitrogen and oxygen atoms in total. The number of hydrogen-bond donors (Lipinski definition) is 1. The summed E-state index contributed by atoms with van der Waals surface area (Å²) in [5, 5.41) is 2.56. The number of Topliss-reactive ketones (excluding diaryl/α,β-unsaturated/α-hetero) is 1. The highest BCUT2D eigenvalue weighted by Crippen LogP contribution is 2.24. The van der Waals surface area contributed by atoms with Crippen molar-refractivity contribution >= 4 is 17.7 Å². The van der Waals surface area contributed by atoms with Crippen LogP contribution in [0.25, 0.3) is 0 Å². The number of benzene rings is 2. The van der Waals surface area contributed by atoms with Crippen molar-refractivity contribution in [2.24, 2.45) is 0 Å². The maximum absolute atomic E-state index is 12.4. The minimum Gasteiger partial charge on any atom is -0.497 e. The predicted molar refractivity (Wildman–Crippen MR) is 103 cm³/mol. The van der Waals surface area contributed by atoms with Crippen molar-refractivity contribution in [2.45, 2.75) is 19.9 Å². The van der Waals surface area contributed by atoms with Gasteiger partial charge in [-0.25, -0.2) is 4.79 Å². The Hall–Kier alpha value is -3.35. The number of amides is 1. The predicted octanol–water partition coefficient (Wildman–Crippen LogP) is 2.56. The molecule has 0 aliphatic heterocycles. The van der Waals surface area contributed by atoms with Crippen molar-refractivity contribution in [1.29, 1.82) is 0 Å². The molecule has 2 aromatic carbocycles. The molecule has 0 unspecified atom stereocenters. The Morgan fingerprint density at radius 3 is 2.43 bits per heavy atom. The maximum atomic E-state index is 12.4. The zero-order valence-corrected chi connectivity index (χ0v) is 16.3. The van der Waals surface area contributed by atoms with Gasteiger partial charge in [-0.05, 0) is 44.2 Å². The fourth-order valence-corrected chi connectivity index (χ4v) is 2.50. The molecule has 28 heavy (non-hydrogen) atoms. The van der Waals surface area contributed by atoms with Gasteiger partial charge in [0, 0.05) is 5.56 Å². The number of esters is 1. The van der Waals surface area contributed by atoms with Gasteiger partial charge in [0.25, 0.3) is 5.91 Å². The molecule has 1 N–H and O–H groups in total. The van der Waals surface area contributed by atoms with Crippen LogP contribution in [0.3, 0.4) is 0 Å². The molecule has 1 amide bonds. The zero-order valence-electron chi connectivity index (χ0n) is 16.3. The van der Waals surface area contributed by atoms with Gasteiger partial charge < -0.3 is 19.5 Å². The van der Waals surface area contributed by atoms with E-state index in [0.717, 1.165) is 5.56 Å². The van der Waals surface area contributed by atoms with E-state index in [-0.39, 0.29) is 5.56 Å². The first-order valence-corrected chi connectivity index (χ1v) is 8.65. The molecule has 0 saturated heterocycles. The molecule has 2 rings (SSSR count). The number of aryl methyl sites for hydroxylation is 1. The molecule has 0 spiro atoms. The normalized spacial score (nSPS) is 11.3. The van der Waals surface area contributed by atoms with E-state index in [1.165, 1.54) is 27.2 Å². The van der Waals surface area contributed by atoms with E-state index in [1.54, 1.807) is 30.3 Å². The molecule has 0 aromatic heterocycles. The highest BCUT2D eigenvalue weighted by molar-refractivity contribution is 6.01. The van der Waals surface area contributed by atoms with Crippen molar-refractivity contribution in [3.8, 4) is 11.5 Å². The third kappa shape index (κ3) is 5.33. The van der Waals surface area contributed by atoms with Crippen LogP contribution in [0, 0.1) is 6.92 Å². The molecule has 1 atom stereocenters. The summed E-state index contributed by atoms with van der Waals surface area (Å²) in [6, 6.07) is 10.8. The Labute approximate surface area is 163 Å². The van der Waals surface area contributed by atoms with Gasteiger partial charge in [0.15, 0.2) is 6.61 Å². The lowest BCUT2D eigenvalue weighted by atomic mass is 10.1. The molecular weight excluding hydrogens is 362 g/mol. The standard InChI is InChI=1S/C21H23NO6/c1-13-6-5-7-15(10-13)20(24)22-14(2)21(25)28-12-18(23)17-11-16(26-3)8-9-19(17)27-4/h5-11,14H,12H2,1-4H3,(H,22,24)/t14-/m0/s1. The molecule has 7 heteroatoms. The molecule has 0 heterocycles. The average molecular weight is 385 g/mol. The third-order valence-electron chi connectivity index (χ3n) is 4.03. The first-order valence-electron chi connectivity index (χ1n) is 8.65. The highest BCUT2D eigenvalue weighted by Gasteiger charge is 2.21. The van der Waals surface area contributed by atoms with Crippen LogP contribution in [0.15, 0.2) is 42.5 Å². The van der Waals surface area contributed by atoms with Crippen LogP contribution < -0.4 is 14.8 Å². The molecule has 0 fully saturated rings. The van der Waals surface area contributed by atoms with Gasteiger partial charge in [0.2, 0.25) is 5.78 Å². The minimum absolute atomic E-state index is 0.242. The Bertz CT molecular complexity index is 877. The number of methoxy groups -OCH3 is 2. The third-order valence-corrected chi connectivity index (χ3v) is 4.03. The summed E-state index contributed by atoms with van der Waals surface area (Å²) in [6.45, 7) is 2.88. The quantitative estimate of drug-likeness (QED) is 0.555. The van der Waals surface area contributed by atoms with Crippen molar-refractivity contribution < 1.29 is 28.6 Å². The summed E-state index contributed by atoms with van der Waals surface area (Å²) < 4.78 is 15.3. The number of carbonyl (C=O) groups excluding carboxylic acids is 3. The molecule has 148 valence electrons. The summed E-state index contributed by atoms with van der Waals surface area (Å²) in [7, 11) is 2.92. The second-order valence-corrected chi connectivity index (χ2v) is 6.16. The van der Waals surface area contributed by atoms with Crippen LogP contribution in [0.1, 0.15) is 33.2 Å². The number of ketones is 1. The first kappa shape index (κ1) is 21.0. The fraction of sp³-hybridized carbons (Fsp3) is 0.286. The molecule has 2 aromatic rings. The first-order chi connectivity index (χ1) is 13.3. The van der Waals surface area contributed by atoms with E-state index in [0.29, 0.717) is 17.1 Å². The van der Waals surface area contributed by atoms with Crippen LogP contribution in [0.4, 0.5) is 0 Å². The highest BCUT2D eigenvalue weighted by atomic mass is 16.5. The maximum Gasteiger partial charge on any atom is 0.328 e. The average Bonchev–Trinajstić information content (AvgIpc) is 2.70. The Morgan fingerprint density at radius 2 is 1.79 bits per heavy atom. The van der Waals surface area contributed by atoms with E-state index in [1.807, 2.05) is 13.0 Å². The second-order valence-electron chi connectivity index (χ2n) is 6.16. The molecule has 0 saturated carbocycles. The van der Waals surface area contributed by atoms with Crippen molar-refractivity contribution in [3.05, 3.63) is 59.2 Å². The van der Waals surface area contributed by atoms with E-state index < -0.39 is 30.3 Å². The SMILES string of the molecule is COc1ccc(OC)c(C(=O)COC(=O)[C@H](C)NC(=O)c2cccc(C)c2)c1. The second kappa shape index (κ2) is 9.55. The number of rotatable bonds is 8. The molecule has 0 aliphatic carbocycles. The Balaban J connectivity index is 1.96. The van der Waals surface area contributed by atoms with Crippen LogP contribution in [0.2, 0.25) is 0 Å². The topological polar surface area (TPSA) is 90.9 Å². The van der Waals surface area contributed by atoms with Gasteiger partial charge in [0.1, 0.15) is 17.5 Å². The number of nitrogens with one attached hydrogen (secondary N) is 1. The molecular formula is C21H23NO6. The Kier molecular flexibility index (Phi) is 7.14. The zero-order chi connectivity index (χ0) is 20.7. The summed E-state index contributed by atoms with van der Waals surface area (Å²) >= 11 is 0. The summed E-state index contributed by atoms with van der Waals surface area (Å²) in [5.74, 6) is -0.719. The summed E-state index contributed by atoms with van der Waals surface area (Å²) in [4.78, 5) is 36.8. The van der Waals surface area contributed by atoms with Gasteiger partial charge in [-0.15, -0.1) is 0 Å².